The summed E-state index contributed by atoms with van der Waals surface area (Å²) in [5, 5.41) is 2.14. The molecule has 2 aromatic rings. The number of nitrogens with one attached hydrogen (secondary N) is 1. The van der Waals surface area contributed by atoms with Crippen molar-refractivity contribution >= 4 is 33.5 Å². The number of hydrogen-bond donors (Lipinski definition) is 1. The van der Waals surface area contributed by atoms with E-state index < -0.39 is 39.5 Å². The van der Waals surface area contributed by atoms with E-state index in [0.29, 0.717) is 5.56 Å². The van der Waals surface area contributed by atoms with Crippen LogP contribution >= 0.6 is 0 Å². The topological polar surface area (TPSA) is 118 Å². The van der Waals surface area contributed by atoms with Crippen LogP contribution in [0.1, 0.15) is 50.2 Å². The molecule has 0 saturated carbocycles. The number of fused-ring (bicyclic) bond motifs is 1. The molecule has 2 aromatic carbocycles. The van der Waals surface area contributed by atoms with Crippen LogP contribution in [0.3, 0.4) is 0 Å². The van der Waals surface area contributed by atoms with Gasteiger partial charge in [-0.3, -0.25) is 29.4 Å². The fourth-order valence-electron chi connectivity index (χ4n) is 3.82. The zero-order chi connectivity index (χ0) is 22.5. The monoisotopic (exact) mass is 440 g/mol. The average molecular weight is 440 g/mol. The third-order valence-electron chi connectivity index (χ3n) is 5.70. The molecule has 0 radical (unpaired) electrons. The summed E-state index contributed by atoms with van der Waals surface area (Å²) < 4.78 is 25.7. The Hall–Kier alpha value is -3.33. The molecule has 9 heteroatoms. The third kappa shape index (κ3) is 3.65. The number of carbonyl (C=O) groups is 4. The standard InChI is InChI=1S/C22H20N2O6S/c1-12-3-5-15(9-13(12)2)31(29,30)11-14-4-6-16-17(10-14)22(28)24(21(16)27)18-7-8-19(25)23-20(18)26/h3-6,9-10,18H,7-8,11H2,1-2H3,(H,23,25,26). The number of amides is 4. The summed E-state index contributed by atoms with van der Waals surface area (Å²) in [4.78, 5) is 50.2. The minimum atomic E-state index is -3.66. The first kappa shape index (κ1) is 20.9. The number of hydrogen-bond acceptors (Lipinski definition) is 6. The second-order valence-corrected chi connectivity index (χ2v) is 9.82. The van der Waals surface area contributed by atoms with Crippen molar-refractivity contribution in [2.75, 3.05) is 0 Å². The highest BCUT2D eigenvalue weighted by molar-refractivity contribution is 7.90. The molecule has 160 valence electrons. The summed E-state index contributed by atoms with van der Waals surface area (Å²) in [6.45, 7) is 3.72. The Morgan fingerprint density at radius 1 is 0.935 bits per heavy atom. The van der Waals surface area contributed by atoms with Crippen LogP contribution in [-0.2, 0) is 25.2 Å². The molecule has 4 rings (SSSR count). The summed E-state index contributed by atoms with van der Waals surface area (Å²) in [6, 6.07) is 8.13. The summed E-state index contributed by atoms with van der Waals surface area (Å²) in [7, 11) is -3.66. The van der Waals surface area contributed by atoms with Crippen LogP contribution in [0, 0.1) is 13.8 Å². The number of benzene rings is 2. The highest BCUT2D eigenvalue weighted by atomic mass is 32.2. The third-order valence-corrected chi connectivity index (χ3v) is 7.38. The van der Waals surface area contributed by atoms with E-state index in [2.05, 4.69) is 5.32 Å². The van der Waals surface area contributed by atoms with Crippen molar-refractivity contribution in [3.8, 4) is 0 Å². The quantitative estimate of drug-likeness (QED) is 0.723. The number of carbonyl (C=O) groups excluding carboxylic acids is 4. The van der Waals surface area contributed by atoms with Gasteiger partial charge in [0.1, 0.15) is 6.04 Å². The number of nitrogens with zero attached hydrogens (tertiary/aromatic N) is 1. The SMILES string of the molecule is Cc1ccc(S(=O)(=O)Cc2ccc3c(c2)C(=O)N(C2CCC(=O)NC2=O)C3=O)cc1C. The predicted octanol–water partition coefficient (Wildman–Crippen LogP) is 1.68. The number of piperidine rings is 1. The minimum absolute atomic E-state index is 0.0310. The minimum Gasteiger partial charge on any atom is -0.295 e. The van der Waals surface area contributed by atoms with Gasteiger partial charge in [-0.15, -0.1) is 0 Å². The lowest BCUT2D eigenvalue weighted by Crippen LogP contribution is -2.54. The molecule has 0 bridgehead atoms. The van der Waals surface area contributed by atoms with Crippen LogP contribution in [0.4, 0.5) is 0 Å². The van der Waals surface area contributed by atoms with Gasteiger partial charge in [0.05, 0.1) is 21.8 Å². The first-order chi connectivity index (χ1) is 14.6. The van der Waals surface area contributed by atoms with Gasteiger partial charge in [0.15, 0.2) is 9.84 Å². The maximum atomic E-state index is 12.9. The molecule has 31 heavy (non-hydrogen) atoms. The average Bonchev–Trinajstić information content (AvgIpc) is 2.94. The molecule has 0 spiro atoms. The van der Waals surface area contributed by atoms with E-state index in [1.165, 1.54) is 18.2 Å². The maximum Gasteiger partial charge on any atom is 0.262 e. The Bertz CT molecular complexity index is 1260. The smallest absolute Gasteiger partial charge is 0.262 e. The molecule has 0 aliphatic carbocycles. The fourth-order valence-corrected chi connectivity index (χ4v) is 5.23. The largest absolute Gasteiger partial charge is 0.295 e. The summed E-state index contributed by atoms with van der Waals surface area (Å²) in [5.74, 6) is -2.76. The molecule has 1 saturated heterocycles. The Kier molecular flexibility index (Phi) is 5.01. The van der Waals surface area contributed by atoms with Gasteiger partial charge in [-0.1, -0.05) is 12.1 Å². The highest BCUT2D eigenvalue weighted by Crippen LogP contribution is 2.29. The zero-order valence-corrected chi connectivity index (χ0v) is 17.8. The van der Waals surface area contributed by atoms with Crippen LogP contribution in [0.2, 0.25) is 0 Å². The van der Waals surface area contributed by atoms with Crippen molar-refractivity contribution in [1.29, 1.82) is 0 Å². The van der Waals surface area contributed by atoms with Crippen molar-refractivity contribution in [2.45, 2.75) is 43.4 Å². The molecular formula is C22H20N2O6S. The van der Waals surface area contributed by atoms with Gasteiger partial charge in [0.2, 0.25) is 11.8 Å². The van der Waals surface area contributed by atoms with Gasteiger partial charge in [0, 0.05) is 6.42 Å². The molecule has 2 heterocycles. The number of aryl methyl sites for hydroxylation is 2. The van der Waals surface area contributed by atoms with E-state index >= 15 is 0 Å². The van der Waals surface area contributed by atoms with Gasteiger partial charge >= 0.3 is 0 Å². The highest BCUT2D eigenvalue weighted by Gasteiger charge is 2.44. The molecular weight excluding hydrogens is 420 g/mol. The van der Waals surface area contributed by atoms with E-state index in [9.17, 15) is 27.6 Å². The zero-order valence-electron chi connectivity index (χ0n) is 17.0. The first-order valence-corrected chi connectivity index (χ1v) is 11.4. The predicted molar refractivity (Wildman–Crippen MR) is 110 cm³/mol. The van der Waals surface area contributed by atoms with Crippen molar-refractivity contribution in [2.24, 2.45) is 0 Å². The van der Waals surface area contributed by atoms with Gasteiger partial charge < -0.3 is 0 Å². The molecule has 8 nitrogen and oxygen atoms in total. The van der Waals surface area contributed by atoms with E-state index in [4.69, 9.17) is 0 Å². The summed E-state index contributed by atoms with van der Waals surface area (Å²) >= 11 is 0. The Morgan fingerprint density at radius 2 is 1.65 bits per heavy atom. The lowest BCUT2D eigenvalue weighted by Gasteiger charge is -2.27. The number of imide groups is 2. The van der Waals surface area contributed by atoms with Crippen molar-refractivity contribution in [3.63, 3.8) is 0 Å². The van der Waals surface area contributed by atoms with Gasteiger partial charge in [-0.2, -0.15) is 0 Å². The Balaban J connectivity index is 1.62. The molecule has 0 aromatic heterocycles. The van der Waals surface area contributed by atoms with Crippen LogP contribution in [-0.4, -0.2) is 43.0 Å². The molecule has 2 aliphatic rings. The first-order valence-electron chi connectivity index (χ1n) is 9.73. The molecule has 1 atom stereocenters. The van der Waals surface area contributed by atoms with Crippen LogP contribution in [0.15, 0.2) is 41.3 Å². The van der Waals surface area contributed by atoms with Crippen molar-refractivity contribution in [3.05, 3.63) is 64.2 Å². The molecule has 4 amide bonds. The maximum absolute atomic E-state index is 12.9. The number of rotatable bonds is 4. The van der Waals surface area contributed by atoms with E-state index in [0.717, 1.165) is 16.0 Å². The normalized spacial score (nSPS) is 18.9. The number of sulfone groups is 1. The molecule has 1 unspecified atom stereocenters. The van der Waals surface area contributed by atoms with Gasteiger partial charge in [-0.05, 0) is 61.2 Å². The molecule has 1 N–H and O–H groups in total. The Morgan fingerprint density at radius 3 is 2.32 bits per heavy atom. The van der Waals surface area contributed by atoms with E-state index in [1.54, 1.807) is 18.2 Å². The second kappa shape index (κ2) is 7.42. The lowest BCUT2D eigenvalue weighted by molar-refractivity contribution is -0.136. The van der Waals surface area contributed by atoms with Crippen molar-refractivity contribution in [1.82, 2.24) is 10.2 Å². The fraction of sp³-hybridized carbons (Fsp3) is 0.273. The van der Waals surface area contributed by atoms with E-state index in [1.807, 2.05) is 13.8 Å². The van der Waals surface area contributed by atoms with Gasteiger partial charge in [0.25, 0.3) is 11.8 Å². The van der Waals surface area contributed by atoms with Gasteiger partial charge in [-0.25, -0.2) is 8.42 Å². The van der Waals surface area contributed by atoms with Crippen LogP contribution < -0.4 is 5.32 Å². The van der Waals surface area contributed by atoms with Crippen LogP contribution in [0.25, 0.3) is 0 Å². The lowest BCUT2D eigenvalue weighted by atomic mass is 10.0. The van der Waals surface area contributed by atoms with Crippen LogP contribution in [0.5, 0.6) is 0 Å². The van der Waals surface area contributed by atoms with Crippen molar-refractivity contribution < 1.29 is 27.6 Å². The Labute approximate surface area is 179 Å². The molecule has 2 aliphatic heterocycles. The second-order valence-electron chi connectivity index (χ2n) is 7.83. The summed E-state index contributed by atoms with van der Waals surface area (Å²) in [6.07, 6.45) is 0.0907. The summed E-state index contributed by atoms with van der Waals surface area (Å²) in [5.41, 5.74) is 2.37. The van der Waals surface area contributed by atoms with E-state index in [-0.39, 0.29) is 34.6 Å². The molecule has 1 fully saturated rings.